The number of nitrogens with two attached hydrogens (primary N) is 2. The van der Waals surface area contributed by atoms with Gasteiger partial charge in [0.05, 0.1) is 0 Å². The summed E-state index contributed by atoms with van der Waals surface area (Å²) < 4.78 is 0. The van der Waals surface area contributed by atoms with Crippen molar-refractivity contribution in [2.75, 3.05) is 11.5 Å². The van der Waals surface area contributed by atoms with Crippen molar-refractivity contribution in [3.63, 3.8) is 0 Å². The molecule has 0 spiro atoms. The molecule has 0 aromatic heterocycles. The van der Waals surface area contributed by atoms with Crippen LogP contribution in [0.25, 0.3) is 0 Å². The van der Waals surface area contributed by atoms with Gasteiger partial charge in [-0.05, 0) is 42.3 Å². The Kier molecular flexibility index (Phi) is 3.11. The summed E-state index contributed by atoms with van der Waals surface area (Å²) in [7, 11) is 0. The lowest BCUT2D eigenvalue weighted by atomic mass is 9.76. The van der Waals surface area contributed by atoms with Crippen LogP contribution in [-0.4, -0.2) is 0 Å². The molecule has 0 aliphatic rings. The van der Waals surface area contributed by atoms with Crippen LogP contribution < -0.4 is 11.5 Å². The van der Waals surface area contributed by atoms with Gasteiger partial charge < -0.3 is 11.5 Å². The van der Waals surface area contributed by atoms with E-state index in [-0.39, 0.29) is 5.41 Å². The SMILES string of the molecule is C=CC(C)(c1ccc(N)cc1)c1ccc(N)cc1. The minimum atomic E-state index is -0.235. The zero-order valence-electron chi connectivity index (χ0n) is 10.6. The number of benzene rings is 2. The standard InChI is InChI=1S/C16H18N2/c1-3-16(2,12-4-8-14(17)9-5-12)13-6-10-15(18)11-7-13/h3-11H,1,17-18H2,2H3. The minimum absolute atomic E-state index is 0.235. The van der Waals surface area contributed by atoms with Crippen LogP contribution in [0.4, 0.5) is 11.4 Å². The topological polar surface area (TPSA) is 52.0 Å². The van der Waals surface area contributed by atoms with Gasteiger partial charge in [-0.25, -0.2) is 0 Å². The molecule has 2 nitrogen and oxygen atoms in total. The molecule has 0 bridgehead atoms. The second kappa shape index (κ2) is 4.57. The summed E-state index contributed by atoms with van der Waals surface area (Å²) in [4.78, 5) is 0. The Morgan fingerprint density at radius 3 is 1.44 bits per heavy atom. The number of rotatable bonds is 3. The molecular weight excluding hydrogens is 220 g/mol. The van der Waals surface area contributed by atoms with E-state index in [0.717, 1.165) is 22.5 Å². The van der Waals surface area contributed by atoms with E-state index in [9.17, 15) is 0 Å². The van der Waals surface area contributed by atoms with Gasteiger partial charge in [-0.3, -0.25) is 0 Å². The summed E-state index contributed by atoms with van der Waals surface area (Å²) in [5.41, 5.74) is 15.1. The van der Waals surface area contributed by atoms with E-state index in [1.165, 1.54) is 0 Å². The summed E-state index contributed by atoms with van der Waals surface area (Å²) in [6.45, 7) is 6.10. The second-order valence-electron chi connectivity index (χ2n) is 4.65. The van der Waals surface area contributed by atoms with Gasteiger partial charge in [0.25, 0.3) is 0 Å². The van der Waals surface area contributed by atoms with Crippen molar-refractivity contribution in [2.24, 2.45) is 0 Å². The van der Waals surface area contributed by atoms with Crippen molar-refractivity contribution in [2.45, 2.75) is 12.3 Å². The molecule has 0 heterocycles. The van der Waals surface area contributed by atoms with Crippen molar-refractivity contribution >= 4 is 11.4 Å². The van der Waals surface area contributed by atoms with Crippen molar-refractivity contribution in [1.82, 2.24) is 0 Å². The third kappa shape index (κ3) is 2.09. The molecule has 2 heteroatoms. The maximum absolute atomic E-state index is 5.73. The summed E-state index contributed by atoms with van der Waals surface area (Å²) in [5.74, 6) is 0. The third-order valence-electron chi connectivity index (χ3n) is 3.43. The smallest absolute Gasteiger partial charge is 0.0351 e. The fourth-order valence-corrected chi connectivity index (χ4v) is 2.06. The van der Waals surface area contributed by atoms with Crippen LogP contribution in [0.5, 0.6) is 0 Å². The maximum Gasteiger partial charge on any atom is 0.0351 e. The molecule has 0 atom stereocenters. The zero-order chi connectivity index (χ0) is 13.2. The molecule has 2 rings (SSSR count). The van der Waals surface area contributed by atoms with Gasteiger partial charge in [0, 0.05) is 16.8 Å². The lowest BCUT2D eigenvalue weighted by Crippen LogP contribution is -2.20. The molecule has 0 saturated carbocycles. The van der Waals surface area contributed by atoms with E-state index in [1.807, 2.05) is 54.6 Å². The highest BCUT2D eigenvalue weighted by Crippen LogP contribution is 2.33. The molecule has 0 fully saturated rings. The molecule has 0 unspecified atom stereocenters. The quantitative estimate of drug-likeness (QED) is 0.636. The number of allylic oxidation sites excluding steroid dienone is 1. The molecule has 2 aromatic carbocycles. The van der Waals surface area contributed by atoms with E-state index in [1.54, 1.807) is 0 Å². The Labute approximate surface area is 108 Å². The lowest BCUT2D eigenvalue weighted by Gasteiger charge is -2.27. The van der Waals surface area contributed by atoms with E-state index in [4.69, 9.17) is 11.5 Å². The van der Waals surface area contributed by atoms with Crippen LogP contribution in [0.2, 0.25) is 0 Å². The van der Waals surface area contributed by atoms with Crippen LogP contribution in [0.15, 0.2) is 61.2 Å². The third-order valence-corrected chi connectivity index (χ3v) is 3.43. The number of nitrogen functional groups attached to an aromatic ring is 2. The molecule has 0 aliphatic carbocycles. The minimum Gasteiger partial charge on any atom is -0.399 e. The normalized spacial score (nSPS) is 11.2. The van der Waals surface area contributed by atoms with Crippen LogP contribution >= 0.6 is 0 Å². The second-order valence-corrected chi connectivity index (χ2v) is 4.65. The predicted octanol–water partition coefficient (Wildman–Crippen LogP) is 3.34. The highest BCUT2D eigenvalue weighted by Gasteiger charge is 2.24. The highest BCUT2D eigenvalue weighted by molar-refractivity contribution is 5.50. The molecule has 2 aromatic rings. The molecule has 0 radical (unpaired) electrons. The highest BCUT2D eigenvalue weighted by atomic mass is 14.5. The lowest BCUT2D eigenvalue weighted by molar-refractivity contribution is 0.726. The molecule has 18 heavy (non-hydrogen) atoms. The van der Waals surface area contributed by atoms with Gasteiger partial charge in [-0.2, -0.15) is 0 Å². The van der Waals surface area contributed by atoms with E-state index in [2.05, 4.69) is 13.5 Å². The predicted molar refractivity (Wildman–Crippen MR) is 78.4 cm³/mol. The fourth-order valence-electron chi connectivity index (χ4n) is 2.06. The molecule has 0 aliphatic heterocycles. The first-order valence-corrected chi connectivity index (χ1v) is 5.92. The average Bonchev–Trinajstić information content (AvgIpc) is 2.39. The van der Waals surface area contributed by atoms with Crippen LogP contribution in [0.3, 0.4) is 0 Å². The van der Waals surface area contributed by atoms with Gasteiger partial charge in [0.1, 0.15) is 0 Å². The van der Waals surface area contributed by atoms with E-state index >= 15 is 0 Å². The number of hydrogen-bond acceptors (Lipinski definition) is 2. The summed E-state index contributed by atoms with van der Waals surface area (Å²) in [6.07, 6.45) is 1.95. The van der Waals surface area contributed by atoms with Gasteiger partial charge in [-0.1, -0.05) is 30.3 Å². The molecule has 0 saturated heterocycles. The molecular formula is C16H18N2. The fraction of sp³-hybridized carbons (Fsp3) is 0.125. The Hall–Kier alpha value is -2.22. The Morgan fingerprint density at radius 2 is 1.17 bits per heavy atom. The summed E-state index contributed by atoms with van der Waals surface area (Å²) >= 11 is 0. The Balaban J connectivity index is 2.50. The molecule has 4 N–H and O–H groups in total. The summed E-state index contributed by atoms with van der Waals surface area (Å²) in [6, 6.07) is 15.8. The first kappa shape index (κ1) is 12.2. The monoisotopic (exact) mass is 238 g/mol. The van der Waals surface area contributed by atoms with E-state index < -0.39 is 0 Å². The van der Waals surface area contributed by atoms with Crippen LogP contribution in [0, 0.1) is 0 Å². The van der Waals surface area contributed by atoms with Crippen molar-refractivity contribution in [3.05, 3.63) is 72.3 Å². The molecule has 92 valence electrons. The van der Waals surface area contributed by atoms with Gasteiger partial charge in [0.15, 0.2) is 0 Å². The van der Waals surface area contributed by atoms with Crippen LogP contribution in [-0.2, 0) is 5.41 Å². The summed E-state index contributed by atoms with van der Waals surface area (Å²) in [5, 5.41) is 0. The van der Waals surface area contributed by atoms with Crippen LogP contribution in [0.1, 0.15) is 18.1 Å². The first-order valence-electron chi connectivity index (χ1n) is 5.92. The van der Waals surface area contributed by atoms with Crippen molar-refractivity contribution in [1.29, 1.82) is 0 Å². The Morgan fingerprint density at radius 1 is 0.833 bits per heavy atom. The first-order chi connectivity index (χ1) is 8.56. The Bertz CT molecular complexity index is 493. The van der Waals surface area contributed by atoms with Crippen molar-refractivity contribution < 1.29 is 0 Å². The average molecular weight is 238 g/mol. The van der Waals surface area contributed by atoms with Gasteiger partial charge >= 0.3 is 0 Å². The largest absolute Gasteiger partial charge is 0.399 e. The molecule has 0 amide bonds. The van der Waals surface area contributed by atoms with E-state index in [0.29, 0.717) is 0 Å². The number of hydrogen-bond donors (Lipinski definition) is 2. The van der Waals surface area contributed by atoms with Gasteiger partial charge in [-0.15, -0.1) is 6.58 Å². The zero-order valence-corrected chi connectivity index (χ0v) is 10.6. The van der Waals surface area contributed by atoms with Gasteiger partial charge in [0.2, 0.25) is 0 Å². The van der Waals surface area contributed by atoms with Crippen molar-refractivity contribution in [3.8, 4) is 0 Å². The maximum atomic E-state index is 5.73. The number of anilines is 2.